The Kier molecular flexibility index (Phi) is 4.67. The zero-order valence-corrected chi connectivity index (χ0v) is 15.7. The highest BCUT2D eigenvalue weighted by molar-refractivity contribution is 5.96. The number of benzene rings is 1. The first-order chi connectivity index (χ1) is 13.5. The number of pyridine rings is 1. The van der Waals surface area contributed by atoms with Crippen LogP contribution >= 0.6 is 0 Å². The van der Waals surface area contributed by atoms with E-state index in [1.54, 1.807) is 24.4 Å². The number of imidazole rings is 1. The van der Waals surface area contributed by atoms with Crippen molar-refractivity contribution < 1.29 is 9.90 Å². The number of carboxylic acid groups (broad SMARTS) is 1. The number of aromatic amines is 2. The van der Waals surface area contributed by atoms with Crippen molar-refractivity contribution in [3.8, 4) is 22.5 Å². The number of hydrogen-bond donors (Lipinski definition) is 3. The lowest BCUT2D eigenvalue weighted by molar-refractivity contribution is 0.0697. The Labute approximate surface area is 162 Å². The molecule has 0 aliphatic carbocycles. The first-order valence-corrected chi connectivity index (χ1v) is 9.03. The molecule has 28 heavy (non-hydrogen) atoms. The fraction of sp³-hybridized carbons (Fsp3) is 0.190. The molecule has 0 fully saturated rings. The maximum Gasteiger partial charge on any atom is 0.335 e. The predicted molar refractivity (Wildman–Crippen MR) is 108 cm³/mol. The molecule has 0 spiro atoms. The van der Waals surface area contributed by atoms with Crippen molar-refractivity contribution in [2.45, 2.75) is 6.42 Å². The average molecular weight is 375 g/mol. The van der Waals surface area contributed by atoms with Crippen molar-refractivity contribution in [2.75, 3.05) is 20.6 Å². The van der Waals surface area contributed by atoms with Crippen molar-refractivity contribution in [1.82, 2.24) is 24.8 Å². The molecule has 0 saturated carbocycles. The van der Waals surface area contributed by atoms with Crippen molar-refractivity contribution in [3.05, 3.63) is 60.2 Å². The van der Waals surface area contributed by atoms with E-state index in [0.717, 1.165) is 52.3 Å². The van der Waals surface area contributed by atoms with E-state index in [9.17, 15) is 9.90 Å². The summed E-state index contributed by atoms with van der Waals surface area (Å²) in [5.74, 6) is -0.0939. The van der Waals surface area contributed by atoms with Gasteiger partial charge in [0.15, 0.2) is 0 Å². The minimum Gasteiger partial charge on any atom is -0.478 e. The van der Waals surface area contributed by atoms with Crippen molar-refractivity contribution >= 4 is 17.0 Å². The average Bonchev–Trinajstić information content (AvgIpc) is 3.33. The van der Waals surface area contributed by atoms with E-state index in [1.807, 2.05) is 38.5 Å². The molecule has 0 radical (unpaired) electrons. The number of carbonyl (C=O) groups is 1. The van der Waals surface area contributed by atoms with Crippen LogP contribution in [0, 0.1) is 0 Å². The van der Waals surface area contributed by atoms with Gasteiger partial charge >= 0.3 is 5.97 Å². The zero-order valence-electron chi connectivity index (χ0n) is 15.7. The van der Waals surface area contributed by atoms with Gasteiger partial charge in [-0.05, 0) is 38.4 Å². The lowest BCUT2D eigenvalue weighted by Crippen LogP contribution is -2.15. The number of rotatable bonds is 6. The molecule has 4 aromatic rings. The van der Waals surface area contributed by atoms with Crippen LogP contribution in [0.15, 0.2) is 48.8 Å². The van der Waals surface area contributed by atoms with Crippen molar-refractivity contribution in [1.29, 1.82) is 0 Å². The van der Waals surface area contributed by atoms with E-state index >= 15 is 0 Å². The first-order valence-electron chi connectivity index (χ1n) is 9.03. The molecule has 0 unspecified atom stereocenters. The summed E-state index contributed by atoms with van der Waals surface area (Å²) in [6.07, 6.45) is 4.38. The van der Waals surface area contributed by atoms with E-state index in [-0.39, 0.29) is 5.56 Å². The van der Waals surface area contributed by atoms with Gasteiger partial charge in [0.1, 0.15) is 11.5 Å². The van der Waals surface area contributed by atoms with Crippen LogP contribution in [-0.2, 0) is 6.42 Å². The van der Waals surface area contributed by atoms with Gasteiger partial charge in [0.2, 0.25) is 0 Å². The van der Waals surface area contributed by atoms with Crippen molar-refractivity contribution in [2.24, 2.45) is 0 Å². The summed E-state index contributed by atoms with van der Waals surface area (Å²) in [6.45, 7) is 0.859. The van der Waals surface area contributed by atoms with Crippen LogP contribution in [-0.4, -0.2) is 56.6 Å². The topological polar surface area (TPSA) is 97.9 Å². The third-order valence-electron chi connectivity index (χ3n) is 4.66. The lowest BCUT2D eigenvalue weighted by Gasteiger charge is -2.06. The molecule has 0 atom stereocenters. The standard InChI is InChI=1S/C21H21N5O2/c1-26(2)11-8-17-24-18(13-4-3-5-14(12-13)21(27)28)19(25-17)15-6-9-22-20-16(15)7-10-23-20/h3-7,9-10,12H,8,11H2,1-2H3,(H,22,23)(H,24,25)(H,27,28). The molecule has 0 aliphatic heterocycles. The summed E-state index contributed by atoms with van der Waals surface area (Å²) in [6, 6.07) is 10.8. The van der Waals surface area contributed by atoms with Crippen LogP contribution in [0.5, 0.6) is 0 Å². The highest BCUT2D eigenvalue weighted by atomic mass is 16.4. The number of aromatic carboxylic acids is 1. The first kappa shape index (κ1) is 17.9. The van der Waals surface area contributed by atoms with Crippen LogP contribution in [0.2, 0.25) is 0 Å². The summed E-state index contributed by atoms with van der Waals surface area (Å²) in [5.41, 5.74) is 4.39. The zero-order chi connectivity index (χ0) is 19.7. The molecule has 142 valence electrons. The summed E-state index contributed by atoms with van der Waals surface area (Å²) in [5, 5.41) is 10.3. The molecule has 3 aromatic heterocycles. The van der Waals surface area contributed by atoms with Gasteiger partial charge in [-0.3, -0.25) is 0 Å². The normalized spacial score (nSPS) is 11.4. The van der Waals surface area contributed by atoms with Crippen LogP contribution < -0.4 is 0 Å². The fourth-order valence-electron chi connectivity index (χ4n) is 3.25. The Hall–Kier alpha value is -3.45. The van der Waals surface area contributed by atoms with E-state index in [0.29, 0.717) is 0 Å². The lowest BCUT2D eigenvalue weighted by atomic mass is 10.0. The van der Waals surface area contributed by atoms with Gasteiger partial charge in [-0.15, -0.1) is 0 Å². The molecule has 1 aromatic carbocycles. The monoisotopic (exact) mass is 375 g/mol. The van der Waals surface area contributed by atoms with Crippen LogP contribution in [0.1, 0.15) is 16.2 Å². The van der Waals surface area contributed by atoms with Crippen LogP contribution in [0.3, 0.4) is 0 Å². The fourth-order valence-corrected chi connectivity index (χ4v) is 3.25. The molecule has 3 N–H and O–H groups in total. The summed E-state index contributed by atoms with van der Waals surface area (Å²) in [7, 11) is 4.04. The highest BCUT2D eigenvalue weighted by Crippen LogP contribution is 2.34. The van der Waals surface area contributed by atoms with E-state index in [4.69, 9.17) is 4.98 Å². The summed E-state index contributed by atoms with van der Waals surface area (Å²) >= 11 is 0. The quantitative estimate of drug-likeness (QED) is 0.480. The third-order valence-corrected chi connectivity index (χ3v) is 4.66. The smallest absolute Gasteiger partial charge is 0.335 e. The second-order valence-electron chi connectivity index (χ2n) is 6.94. The molecule has 0 saturated heterocycles. The Bertz CT molecular complexity index is 1140. The number of H-pyrrole nitrogens is 2. The van der Waals surface area contributed by atoms with Gasteiger partial charge in [-0.1, -0.05) is 12.1 Å². The second-order valence-corrected chi connectivity index (χ2v) is 6.94. The van der Waals surface area contributed by atoms with Gasteiger partial charge in [-0.25, -0.2) is 14.8 Å². The Morgan fingerprint density at radius 3 is 2.86 bits per heavy atom. The summed E-state index contributed by atoms with van der Waals surface area (Å²) in [4.78, 5) is 29.3. The Morgan fingerprint density at radius 1 is 1.21 bits per heavy atom. The molecule has 3 heterocycles. The number of nitrogens with zero attached hydrogens (tertiary/aromatic N) is 3. The number of aromatic nitrogens is 4. The van der Waals surface area contributed by atoms with Gasteiger partial charge in [0, 0.05) is 41.9 Å². The molecule has 0 amide bonds. The molecular weight excluding hydrogens is 354 g/mol. The van der Waals surface area contributed by atoms with Crippen LogP contribution in [0.25, 0.3) is 33.5 Å². The Morgan fingerprint density at radius 2 is 2.07 bits per heavy atom. The van der Waals surface area contributed by atoms with Crippen LogP contribution in [0.4, 0.5) is 0 Å². The van der Waals surface area contributed by atoms with Gasteiger partial charge in [0.25, 0.3) is 0 Å². The minimum atomic E-state index is -0.955. The Balaban J connectivity index is 1.88. The van der Waals surface area contributed by atoms with E-state index in [2.05, 4.69) is 19.9 Å². The van der Waals surface area contributed by atoms with E-state index < -0.39 is 5.97 Å². The molecule has 7 nitrogen and oxygen atoms in total. The number of hydrogen-bond acceptors (Lipinski definition) is 4. The minimum absolute atomic E-state index is 0.239. The number of carboxylic acids is 1. The van der Waals surface area contributed by atoms with Gasteiger partial charge < -0.3 is 20.0 Å². The summed E-state index contributed by atoms with van der Waals surface area (Å²) < 4.78 is 0. The van der Waals surface area contributed by atoms with Gasteiger partial charge in [0.05, 0.1) is 17.0 Å². The predicted octanol–water partition coefficient (Wildman–Crippen LogP) is 3.42. The van der Waals surface area contributed by atoms with E-state index in [1.165, 1.54) is 0 Å². The number of nitrogens with one attached hydrogen (secondary N) is 2. The maximum atomic E-state index is 11.4. The molecular formula is C21H21N5O2. The molecule has 0 aliphatic rings. The highest BCUT2D eigenvalue weighted by Gasteiger charge is 2.18. The van der Waals surface area contributed by atoms with Gasteiger partial charge in [-0.2, -0.15) is 0 Å². The number of fused-ring (bicyclic) bond motifs is 1. The van der Waals surface area contributed by atoms with Crippen molar-refractivity contribution in [3.63, 3.8) is 0 Å². The number of likely N-dealkylation sites (N-methyl/N-ethyl adjacent to an activating group) is 1. The third kappa shape index (κ3) is 3.39. The largest absolute Gasteiger partial charge is 0.478 e. The molecule has 0 bridgehead atoms. The SMILES string of the molecule is CN(C)CCc1nc(-c2cccc(C(=O)O)c2)c(-c2ccnc3[nH]ccc23)[nH]1. The molecule has 7 heteroatoms. The maximum absolute atomic E-state index is 11.4. The second kappa shape index (κ2) is 7.28. The molecule has 4 rings (SSSR count).